The molecule has 0 aliphatic carbocycles. The molecule has 0 amide bonds. The fourth-order valence-electron chi connectivity index (χ4n) is 1.24. The third-order valence-electron chi connectivity index (χ3n) is 1.89. The molecule has 13 heavy (non-hydrogen) atoms. The molecule has 1 aliphatic rings. The van der Waals surface area contributed by atoms with E-state index in [0.717, 1.165) is 12.4 Å². The van der Waals surface area contributed by atoms with Gasteiger partial charge in [-0.1, -0.05) is 36.4 Å². The van der Waals surface area contributed by atoms with Crippen molar-refractivity contribution in [2.75, 3.05) is 12.4 Å². The molecule has 0 N–H and O–H groups in total. The number of rotatable bonds is 2. The van der Waals surface area contributed by atoms with E-state index in [9.17, 15) is 0 Å². The summed E-state index contributed by atoms with van der Waals surface area (Å²) < 4.78 is 5.45. The van der Waals surface area contributed by atoms with Crippen LogP contribution in [-0.4, -0.2) is 17.8 Å². The van der Waals surface area contributed by atoms with Gasteiger partial charge in [-0.15, -0.1) is 11.8 Å². The van der Waals surface area contributed by atoms with Crippen molar-refractivity contribution in [1.29, 1.82) is 0 Å². The van der Waals surface area contributed by atoms with E-state index in [0.29, 0.717) is 0 Å². The Hall–Kier alpha value is -0.730. The Kier molecular flexibility index (Phi) is 3.06. The third kappa shape index (κ3) is 2.61. The largest absolute Gasteiger partial charge is 0.363 e. The molecular formula is C11H12OS. The van der Waals surface area contributed by atoms with E-state index in [-0.39, 0.29) is 5.44 Å². The van der Waals surface area contributed by atoms with E-state index >= 15 is 0 Å². The van der Waals surface area contributed by atoms with Gasteiger partial charge < -0.3 is 4.74 Å². The molecule has 1 fully saturated rings. The van der Waals surface area contributed by atoms with Gasteiger partial charge in [-0.2, -0.15) is 0 Å². The van der Waals surface area contributed by atoms with E-state index in [4.69, 9.17) is 4.74 Å². The first-order valence-electron chi connectivity index (χ1n) is 4.41. The zero-order valence-electron chi connectivity index (χ0n) is 7.35. The lowest BCUT2D eigenvalue weighted by Crippen LogP contribution is -1.94. The minimum absolute atomic E-state index is 0.264. The molecule has 68 valence electrons. The van der Waals surface area contributed by atoms with E-state index in [1.807, 2.05) is 30.0 Å². The van der Waals surface area contributed by atoms with Crippen molar-refractivity contribution in [2.45, 2.75) is 5.44 Å². The van der Waals surface area contributed by atoms with Gasteiger partial charge in [0.05, 0.1) is 6.61 Å². The second kappa shape index (κ2) is 4.49. The molecule has 1 nitrogen and oxygen atoms in total. The van der Waals surface area contributed by atoms with E-state index in [1.54, 1.807) is 0 Å². The minimum atomic E-state index is 0.264. The maximum Gasteiger partial charge on any atom is 0.121 e. The van der Waals surface area contributed by atoms with Crippen molar-refractivity contribution in [3.63, 3.8) is 0 Å². The predicted octanol–water partition coefficient (Wildman–Crippen LogP) is 2.79. The fourth-order valence-corrected chi connectivity index (χ4v) is 2.05. The molecule has 1 unspecified atom stereocenters. The Morgan fingerprint density at radius 3 is 2.85 bits per heavy atom. The number of hydrogen-bond acceptors (Lipinski definition) is 2. The van der Waals surface area contributed by atoms with Gasteiger partial charge in [0, 0.05) is 5.75 Å². The summed E-state index contributed by atoms with van der Waals surface area (Å²) in [4.78, 5) is 0. The topological polar surface area (TPSA) is 9.23 Å². The Bertz CT molecular complexity index is 275. The zero-order valence-corrected chi connectivity index (χ0v) is 8.17. The Labute approximate surface area is 82.8 Å². The first-order valence-corrected chi connectivity index (χ1v) is 5.46. The molecule has 0 aromatic heterocycles. The molecule has 2 rings (SSSR count). The highest BCUT2D eigenvalue weighted by atomic mass is 32.2. The van der Waals surface area contributed by atoms with Crippen molar-refractivity contribution < 1.29 is 4.74 Å². The SMILES string of the molecule is C(=C\C1OCCS1)/c1ccccc1. The van der Waals surface area contributed by atoms with Crippen LogP contribution in [0.5, 0.6) is 0 Å². The summed E-state index contributed by atoms with van der Waals surface area (Å²) in [6.45, 7) is 0.883. The Morgan fingerprint density at radius 2 is 2.15 bits per heavy atom. The quantitative estimate of drug-likeness (QED) is 0.712. The van der Waals surface area contributed by atoms with Crippen LogP contribution in [0.3, 0.4) is 0 Å². The summed E-state index contributed by atoms with van der Waals surface area (Å²) in [6, 6.07) is 10.3. The molecule has 1 aromatic rings. The van der Waals surface area contributed by atoms with Crippen molar-refractivity contribution in [2.24, 2.45) is 0 Å². The molecule has 0 radical (unpaired) electrons. The molecule has 1 saturated heterocycles. The average Bonchev–Trinajstić information content (AvgIpc) is 2.69. The molecule has 1 aromatic carbocycles. The minimum Gasteiger partial charge on any atom is -0.363 e. The van der Waals surface area contributed by atoms with Gasteiger partial charge in [0.1, 0.15) is 5.44 Å². The van der Waals surface area contributed by atoms with Gasteiger partial charge >= 0.3 is 0 Å². The summed E-state index contributed by atoms with van der Waals surface area (Å²) in [5.74, 6) is 1.11. The van der Waals surface area contributed by atoms with E-state index < -0.39 is 0 Å². The second-order valence-corrected chi connectivity index (χ2v) is 4.09. The molecule has 2 heteroatoms. The third-order valence-corrected chi connectivity index (χ3v) is 2.92. The highest BCUT2D eigenvalue weighted by Gasteiger charge is 2.11. The molecule has 1 heterocycles. The molecule has 1 aliphatic heterocycles. The highest BCUT2D eigenvalue weighted by Crippen LogP contribution is 2.21. The van der Waals surface area contributed by atoms with E-state index in [2.05, 4.69) is 24.3 Å². The van der Waals surface area contributed by atoms with Gasteiger partial charge in [-0.25, -0.2) is 0 Å². The lowest BCUT2D eigenvalue weighted by atomic mass is 10.2. The van der Waals surface area contributed by atoms with Crippen LogP contribution in [0.1, 0.15) is 5.56 Å². The van der Waals surface area contributed by atoms with Crippen LogP contribution in [0, 0.1) is 0 Å². The number of thioether (sulfide) groups is 1. The molecule has 0 saturated carbocycles. The predicted molar refractivity (Wildman–Crippen MR) is 57.7 cm³/mol. The van der Waals surface area contributed by atoms with Crippen molar-refractivity contribution in [1.82, 2.24) is 0 Å². The molecule has 1 atom stereocenters. The lowest BCUT2D eigenvalue weighted by molar-refractivity contribution is 0.173. The zero-order chi connectivity index (χ0) is 8.93. The van der Waals surface area contributed by atoms with E-state index in [1.165, 1.54) is 5.56 Å². The van der Waals surface area contributed by atoms with Gasteiger partial charge in [-0.05, 0) is 11.6 Å². The molecule has 0 spiro atoms. The summed E-state index contributed by atoms with van der Waals surface area (Å²) in [7, 11) is 0. The molecular weight excluding hydrogens is 180 g/mol. The highest BCUT2D eigenvalue weighted by molar-refractivity contribution is 8.00. The Balaban J connectivity index is 1.97. The van der Waals surface area contributed by atoms with Gasteiger partial charge in [0.25, 0.3) is 0 Å². The maximum atomic E-state index is 5.45. The maximum absolute atomic E-state index is 5.45. The second-order valence-electron chi connectivity index (χ2n) is 2.88. The van der Waals surface area contributed by atoms with Gasteiger partial charge in [0.15, 0.2) is 0 Å². The number of benzene rings is 1. The van der Waals surface area contributed by atoms with Crippen LogP contribution in [0.25, 0.3) is 6.08 Å². The lowest BCUT2D eigenvalue weighted by Gasteiger charge is -2.00. The average molecular weight is 192 g/mol. The van der Waals surface area contributed by atoms with Gasteiger partial charge in [-0.3, -0.25) is 0 Å². The number of hydrogen-bond donors (Lipinski definition) is 0. The Morgan fingerprint density at radius 1 is 1.31 bits per heavy atom. The van der Waals surface area contributed by atoms with Crippen LogP contribution >= 0.6 is 11.8 Å². The smallest absolute Gasteiger partial charge is 0.121 e. The van der Waals surface area contributed by atoms with Crippen LogP contribution in [0.15, 0.2) is 36.4 Å². The first-order chi connectivity index (χ1) is 6.45. The van der Waals surface area contributed by atoms with Crippen LogP contribution in [0.4, 0.5) is 0 Å². The van der Waals surface area contributed by atoms with Crippen molar-refractivity contribution in [3.8, 4) is 0 Å². The monoisotopic (exact) mass is 192 g/mol. The standard InChI is InChI=1S/C11H12OS/c1-2-4-10(5-3-1)6-7-11-12-8-9-13-11/h1-7,11H,8-9H2/b7-6+. The van der Waals surface area contributed by atoms with Crippen LogP contribution in [0.2, 0.25) is 0 Å². The molecule has 0 bridgehead atoms. The fraction of sp³-hybridized carbons (Fsp3) is 0.273. The summed E-state index contributed by atoms with van der Waals surface area (Å²) in [5, 5.41) is 0. The number of ether oxygens (including phenoxy) is 1. The first kappa shape index (κ1) is 8.85. The van der Waals surface area contributed by atoms with Crippen molar-refractivity contribution >= 4 is 17.8 Å². The van der Waals surface area contributed by atoms with Crippen molar-refractivity contribution in [3.05, 3.63) is 42.0 Å². The summed E-state index contributed by atoms with van der Waals surface area (Å²) in [6.07, 6.45) is 4.23. The summed E-state index contributed by atoms with van der Waals surface area (Å²) in [5.41, 5.74) is 1.50. The summed E-state index contributed by atoms with van der Waals surface area (Å²) >= 11 is 1.85. The van der Waals surface area contributed by atoms with Crippen LogP contribution in [-0.2, 0) is 4.74 Å². The van der Waals surface area contributed by atoms with Gasteiger partial charge in [0.2, 0.25) is 0 Å². The normalized spacial score (nSPS) is 22.6. The van der Waals surface area contributed by atoms with Crippen LogP contribution < -0.4 is 0 Å².